The number of H-pyrrole nitrogens is 1. The van der Waals surface area contributed by atoms with Gasteiger partial charge in [0, 0.05) is 40.4 Å². The van der Waals surface area contributed by atoms with E-state index in [1.165, 1.54) is 26.2 Å². The maximum atomic E-state index is 13.6. The van der Waals surface area contributed by atoms with E-state index in [1.807, 2.05) is 42.5 Å². The number of methoxy groups -OCH3 is 3. The predicted molar refractivity (Wildman–Crippen MR) is 148 cm³/mol. The molecule has 1 aliphatic heterocycles. The van der Waals surface area contributed by atoms with Gasteiger partial charge in [0.15, 0.2) is 11.5 Å². The van der Waals surface area contributed by atoms with Crippen LogP contribution in [-0.2, 0) is 4.79 Å². The summed E-state index contributed by atoms with van der Waals surface area (Å²) in [6.45, 7) is 1.44. The maximum absolute atomic E-state index is 13.6. The van der Waals surface area contributed by atoms with Gasteiger partial charge in [-0.2, -0.15) is 5.10 Å². The fraction of sp³-hybridized carbons (Fsp3) is 0.207. The Morgan fingerprint density at radius 3 is 2.37 bits per heavy atom. The molecule has 0 saturated carbocycles. The van der Waals surface area contributed by atoms with Crippen LogP contribution in [0.5, 0.6) is 17.2 Å². The number of fused-ring (bicyclic) bond motifs is 1. The number of hydrazone groups is 1. The first-order chi connectivity index (χ1) is 18.4. The van der Waals surface area contributed by atoms with Crippen molar-refractivity contribution in [1.82, 2.24) is 9.99 Å². The Balaban J connectivity index is 1.73. The van der Waals surface area contributed by atoms with Gasteiger partial charge in [-0.05, 0) is 35.9 Å². The third kappa shape index (κ3) is 4.26. The zero-order valence-electron chi connectivity index (χ0n) is 21.4. The quantitative estimate of drug-likeness (QED) is 0.351. The number of pyridine rings is 1. The molecule has 38 heavy (non-hydrogen) atoms. The Labute approximate surface area is 224 Å². The van der Waals surface area contributed by atoms with Crippen molar-refractivity contribution in [3.63, 3.8) is 0 Å². The molecule has 1 aromatic heterocycles. The minimum Gasteiger partial charge on any atom is -0.493 e. The van der Waals surface area contributed by atoms with E-state index in [0.717, 1.165) is 10.9 Å². The number of benzene rings is 3. The molecule has 194 valence electrons. The lowest BCUT2D eigenvalue weighted by atomic mass is 9.90. The summed E-state index contributed by atoms with van der Waals surface area (Å²) in [5.41, 5.74) is 3.44. The van der Waals surface area contributed by atoms with Gasteiger partial charge in [0.1, 0.15) is 0 Å². The topological polar surface area (TPSA) is 93.2 Å². The van der Waals surface area contributed by atoms with Crippen molar-refractivity contribution in [2.75, 3.05) is 21.3 Å². The van der Waals surface area contributed by atoms with E-state index in [9.17, 15) is 9.59 Å². The molecule has 5 rings (SSSR count). The molecule has 0 fully saturated rings. The number of carbonyl (C=O) groups is 1. The first kappa shape index (κ1) is 25.4. The number of aromatic amines is 1. The fourth-order valence-corrected chi connectivity index (χ4v) is 5.20. The van der Waals surface area contributed by atoms with Crippen LogP contribution in [0, 0.1) is 0 Å². The second-order valence-corrected chi connectivity index (χ2v) is 9.25. The van der Waals surface area contributed by atoms with E-state index in [2.05, 4.69) is 10.1 Å². The zero-order chi connectivity index (χ0) is 27.0. The molecular formula is C29H26ClN3O5. The highest BCUT2D eigenvalue weighted by atomic mass is 35.5. The Bertz CT molecular complexity index is 1630. The SMILES string of the molecule is COc1ccc([C@@H]2CC(c3c(-c4ccccc4)c4cc(Cl)ccc4[nH]c3=O)=NN2C(C)=O)c(OC)c1OC. The largest absolute Gasteiger partial charge is 0.493 e. The molecule has 2 heterocycles. The molecule has 8 nitrogen and oxygen atoms in total. The third-order valence-corrected chi connectivity index (χ3v) is 6.89. The van der Waals surface area contributed by atoms with Crippen molar-refractivity contribution in [2.45, 2.75) is 19.4 Å². The number of hydrogen-bond donors (Lipinski definition) is 1. The van der Waals surface area contributed by atoms with E-state index in [0.29, 0.717) is 50.2 Å². The molecule has 1 amide bonds. The molecule has 0 bridgehead atoms. The van der Waals surface area contributed by atoms with Crippen LogP contribution in [0.3, 0.4) is 0 Å². The summed E-state index contributed by atoms with van der Waals surface area (Å²) in [4.78, 5) is 29.4. The van der Waals surface area contributed by atoms with E-state index < -0.39 is 6.04 Å². The van der Waals surface area contributed by atoms with Gasteiger partial charge in [-0.3, -0.25) is 9.59 Å². The predicted octanol–water partition coefficient (Wildman–Crippen LogP) is 5.57. The third-order valence-electron chi connectivity index (χ3n) is 6.65. The lowest BCUT2D eigenvalue weighted by molar-refractivity contribution is -0.130. The molecule has 4 aromatic rings. The molecule has 1 N–H and O–H groups in total. The highest BCUT2D eigenvalue weighted by Gasteiger charge is 2.37. The number of nitrogens with one attached hydrogen (secondary N) is 1. The number of nitrogens with zero attached hydrogens (tertiary/aromatic N) is 2. The number of ether oxygens (including phenoxy) is 3. The highest BCUT2D eigenvalue weighted by molar-refractivity contribution is 6.31. The number of hydrogen-bond acceptors (Lipinski definition) is 6. The van der Waals surface area contributed by atoms with Crippen LogP contribution in [0.15, 0.2) is 70.6 Å². The van der Waals surface area contributed by atoms with E-state index >= 15 is 0 Å². The maximum Gasteiger partial charge on any atom is 0.258 e. The molecule has 0 radical (unpaired) electrons. The molecule has 1 atom stereocenters. The monoisotopic (exact) mass is 531 g/mol. The lowest BCUT2D eigenvalue weighted by Crippen LogP contribution is -2.24. The van der Waals surface area contributed by atoms with Crippen LogP contribution in [0.2, 0.25) is 5.02 Å². The van der Waals surface area contributed by atoms with Crippen molar-refractivity contribution in [1.29, 1.82) is 0 Å². The molecule has 0 aliphatic carbocycles. The fourth-order valence-electron chi connectivity index (χ4n) is 5.03. The Kier molecular flexibility index (Phi) is 6.82. The molecular weight excluding hydrogens is 506 g/mol. The second kappa shape index (κ2) is 10.2. The first-order valence-corrected chi connectivity index (χ1v) is 12.3. The highest BCUT2D eigenvalue weighted by Crippen LogP contribution is 2.46. The molecule has 9 heteroatoms. The minimum atomic E-state index is -0.532. The van der Waals surface area contributed by atoms with E-state index in [4.69, 9.17) is 25.8 Å². The van der Waals surface area contributed by atoms with Gasteiger partial charge in [-0.15, -0.1) is 0 Å². The van der Waals surface area contributed by atoms with Gasteiger partial charge in [-0.1, -0.05) is 41.9 Å². The number of aromatic nitrogens is 1. The average Bonchev–Trinajstić information content (AvgIpc) is 3.37. The normalized spacial score (nSPS) is 14.9. The van der Waals surface area contributed by atoms with Gasteiger partial charge >= 0.3 is 0 Å². The summed E-state index contributed by atoms with van der Waals surface area (Å²) in [6.07, 6.45) is 0.278. The molecule has 1 aliphatic rings. The minimum absolute atomic E-state index is 0.275. The van der Waals surface area contributed by atoms with Gasteiger partial charge in [0.2, 0.25) is 11.7 Å². The summed E-state index contributed by atoms with van der Waals surface area (Å²) in [5, 5.41) is 7.39. The van der Waals surface area contributed by atoms with Gasteiger partial charge in [0.25, 0.3) is 5.56 Å². The number of halogens is 1. The molecule has 0 saturated heterocycles. The van der Waals surface area contributed by atoms with Gasteiger partial charge < -0.3 is 19.2 Å². The van der Waals surface area contributed by atoms with Crippen LogP contribution in [0.25, 0.3) is 22.0 Å². The van der Waals surface area contributed by atoms with Crippen LogP contribution < -0.4 is 19.8 Å². The second-order valence-electron chi connectivity index (χ2n) is 8.81. The number of carbonyl (C=O) groups excluding carboxylic acids is 1. The molecule has 3 aromatic carbocycles. The summed E-state index contributed by atoms with van der Waals surface area (Å²) >= 11 is 6.37. The smallest absolute Gasteiger partial charge is 0.258 e. The van der Waals surface area contributed by atoms with Crippen LogP contribution >= 0.6 is 11.6 Å². The van der Waals surface area contributed by atoms with Crippen molar-refractivity contribution in [2.24, 2.45) is 5.10 Å². The van der Waals surface area contributed by atoms with Crippen molar-refractivity contribution in [3.8, 4) is 28.4 Å². The summed E-state index contributed by atoms with van der Waals surface area (Å²) < 4.78 is 16.7. The van der Waals surface area contributed by atoms with Gasteiger partial charge in [-0.25, -0.2) is 5.01 Å². The Hall–Kier alpha value is -4.30. The Morgan fingerprint density at radius 2 is 1.71 bits per heavy atom. The van der Waals surface area contributed by atoms with Crippen LogP contribution in [0.4, 0.5) is 0 Å². The van der Waals surface area contributed by atoms with E-state index in [1.54, 1.807) is 25.3 Å². The van der Waals surface area contributed by atoms with E-state index in [-0.39, 0.29) is 17.9 Å². The van der Waals surface area contributed by atoms with Crippen LogP contribution in [-0.4, -0.2) is 42.9 Å². The first-order valence-electron chi connectivity index (χ1n) is 11.9. The lowest BCUT2D eigenvalue weighted by Gasteiger charge is -2.24. The summed E-state index contributed by atoms with van der Waals surface area (Å²) in [7, 11) is 4.59. The average molecular weight is 532 g/mol. The molecule has 0 unspecified atom stereocenters. The van der Waals surface area contributed by atoms with Crippen molar-refractivity contribution < 1.29 is 19.0 Å². The summed E-state index contributed by atoms with van der Waals surface area (Å²) in [6, 6.07) is 18.0. The molecule has 0 spiro atoms. The van der Waals surface area contributed by atoms with Gasteiger partial charge in [0.05, 0.1) is 38.6 Å². The number of amides is 1. The van der Waals surface area contributed by atoms with Crippen molar-refractivity contribution in [3.05, 3.63) is 87.2 Å². The Morgan fingerprint density at radius 1 is 0.974 bits per heavy atom. The zero-order valence-corrected chi connectivity index (χ0v) is 22.1. The summed E-state index contributed by atoms with van der Waals surface area (Å²) in [5.74, 6) is 1.06. The number of rotatable bonds is 6. The van der Waals surface area contributed by atoms with Crippen molar-refractivity contribution >= 4 is 34.1 Å². The standard InChI is InChI=1S/C29H26ClN3O5/c1-16(34)33-23(19-11-13-24(36-2)28(38-4)27(19)37-3)15-22(32-33)26-25(17-8-6-5-7-9-17)20-14-18(30)10-12-21(20)31-29(26)35/h5-14,23H,15H2,1-4H3,(H,31,35)/t23-/m0/s1. The van der Waals surface area contributed by atoms with Crippen LogP contribution in [0.1, 0.15) is 30.5 Å².